The van der Waals surface area contributed by atoms with Crippen LogP contribution in [-0.2, 0) is 6.42 Å². The fraction of sp³-hybridized carbons (Fsp3) is 0.176. The minimum Gasteiger partial charge on any atom is -0.330 e. The number of rotatable bonds is 5. The largest absolute Gasteiger partial charge is 0.330 e. The van der Waals surface area contributed by atoms with Crippen molar-refractivity contribution in [3.05, 3.63) is 78.1 Å². The second-order valence-corrected chi connectivity index (χ2v) is 5.02. The Labute approximate surface area is 124 Å². The summed E-state index contributed by atoms with van der Waals surface area (Å²) in [6.45, 7) is 0.601. The molecule has 4 nitrogen and oxygen atoms in total. The van der Waals surface area contributed by atoms with E-state index in [0.29, 0.717) is 6.54 Å². The molecule has 1 atom stereocenters. The first-order valence-corrected chi connectivity index (χ1v) is 7.08. The Hall–Kier alpha value is -2.46. The van der Waals surface area contributed by atoms with Gasteiger partial charge in [0.05, 0.1) is 17.6 Å². The number of para-hydroxylation sites is 1. The Kier molecular flexibility index (Phi) is 4.07. The summed E-state index contributed by atoms with van der Waals surface area (Å²) in [6.07, 6.45) is 2.64. The summed E-state index contributed by atoms with van der Waals surface area (Å²) < 4.78 is 1.88. The highest BCUT2D eigenvalue weighted by molar-refractivity contribution is 5.32. The summed E-state index contributed by atoms with van der Waals surface area (Å²) in [5.41, 5.74) is 9.30. The molecule has 4 heteroatoms. The first kappa shape index (κ1) is 13.5. The van der Waals surface area contributed by atoms with Crippen molar-refractivity contribution in [2.75, 3.05) is 6.54 Å². The highest BCUT2D eigenvalue weighted by Gasteiger charge is 2.14. The van der Waals surface area contributed by atoms with Gasteiger partial charge >= 0.3 is 0 Å². The Bertz CT molecular complexity index is 676. The number of aromatic nitrogens is 3. The molecule has 0 aliphatic rings. The quantitative estimate of drug-likeness (QED) is 0.780. The zero-order valence-corrected chi connectivity index (χ0v) is 11.8. The van der Waals surface area contributed by atoms with Gasteiger partial charge in [-0.15, -0.1) is 5.10 Å². The van der Waals surface area contributed by atoms with Crippen molar-refractivity contribution in [3.8, 4) is 5.69 Å². The third-order valence-electron chi connectivity index (χ3n) is 3.63. The maximum Gasteiger partial charge on any atom is 0.0730 e. The SMILES string of the molecule is NCC(Cc1cnnn1-c1ccccc1)c1ccccc1. The third kappa shape index (κ3) is 3.01. The van der Waals surface area contributed by atoms with Crippen molar-refractivity contribution in [3.63, 3.8) is 0 Å². The van der Waals surface area contributed by atoms with Crippen LogP contribution in [0.15, 0.2) is 66.9 Å². The minimum absolute atomic E-state index is 0.271. The lowest BCUT2D eigenvalue weighted by Gasteiger charge is -2.15. The predicted molar refractivity (Wildman–Crippen MR) is 83.3 cm³/mol. The van der Waals surface area contributed by atoms with Crippen molar-refractivity contribution < 1.29 is 0 Å². The molecule has 3 rings (SSSR count). The third-order valence-corrected chi connectivity index (χ3v) is 3.63. The summed E-state index contributed by atoms with van der Waals surface area (Å²) in [4.78, 5) is 0. The van der Waals surface area contributed by atoms with Crippen molar-refractivity contribution in [1.29, 1.82) is 0 Å². The molecule has 1 heterocycles. The van der Waals surface area contributed by atoms with Gasteiger partial charge in [-0.05, 0) is 30.7 Å². The second kappa shape index (κ2) is 6.33. The average molecular weight is 278 g/mol. The molecule has 0 bridgehead atoms. The molecule has 0 saturated carbocycles. The van der Waals surface area contributed by atoms with E-state index in [4.69, 9.17) is 5.73 Å². The number of nitrogens with zero attached hydrogens (tertiary/aromatic N) is 3. The van der Waals surface area contributed by atoms with Gasteiger partial charge in [-0.3, -0.25) is 0 Å². The van der Waals surface area contributed by atoms with E-state index in [1.165, 1.54) is 5.56 Å². The summed E-state index contributed by atoms with van der Waals surface area (Å²) in [5, 5.41) is 8.24. The van der Waals surface area contributed by atoms with Crippen molar-refractivity contribution in [2.24, 2.45) is 5.73 Å². The van der Waals surface area contributed by atoms with E-state index in [-0.39, 0.29) is 5.92 Å². The molecule has 1 unspecified atom stereocenters. The maximum atomic E-state index is 5.96. The van der Waals surface area contributed by atoms with E-state index < -0.39 is 0 Å². The van der Waals surface area contributed by atoms with E-state index in [1.54, 1.807) is 0 Å². The van der Waals surface area contributed by atoms with Crippen LogP contribution < -0.4 is 5.73 Å². The fourth-order valence-corrected chi connectivity index (χ4v) is 2.50. The zero-order chi connectivity index (χ0) is 14.5. The molecule has 0 aliphatic carbocycles. The van der Waals surface area contributed by atoms with Gasteiger partial charge < -0.3 is 5.73 Å². The molecule has 0 saturated heterocycles. The lowest BCUT2D eigenvalue weighted by atomic mass is 9.94. The molecular formula is C17H18N4. The Morgan fingerprint density at radius 2 is 1.62 bits per heavy atom. The number of nitrogens with two attached hydrogens (primary N) is 1. The molecule has 0 fully saturated rings. The van der Waals surface area contributed by atoms with Crippen LogP contribution in [0.25, 0.3) is 5.69 Å². The van der Waals surface area contributed by atoms with Crippen LogP contribution in [0.2, 0.25) is 0 Å². The highest BCUT2D eigenvalue weighted by Crippen LogP contribution is 2.20. The fourth-order valence-electron chi connectivity index (χ4n) is 2.50. The molecule has 1 aromatic heterocycles. The monoisotopic (exact) mass is 278 g/mol. The van der Waals surface area contributed by atoms with Gasteiger partial charge in [-0.1, -0.05) is 53.7 Å². The van der Waals surface area contributed by atoms with Crippen molar-refractivity contribution in [2.45, 2.75) is 12.3 Å². The first-order valence-electron chi connectivity index (χ1n) is 7.08. The molecule has 21 heavy (non-hydrogen) atoms. The number of hydrogen-bond acceptors (Lipinski definition) is 3. The topological polar surface area (TPSA) is 56.7 Å². The van der Waals surface area contributed by atoms with E-state index in [2.05, 4.69) is 22.4 Å². The van der Waals surface area contributed by atoms with Crippen LogP contribution in [0.1, 0.15) is 17.2 Å². The summed E-state index contributed by atoms with van der Waals surface area (Å²) in [5.74, 6) is 0.271. The smallest absolute Gasteiger partial charge is 0.0730 e. The number of hydrogen-bond donors (Lipinski definition) is 1. The van der Waals surface area contributed by atoms with Crippen LogP contribution >= 0.6 is 0 Å². The molecule has 0 aliphatic heterocycles. The molecule has 2 N–H and O–H groups in total. The first-order chi connectivity index (χ1) is 10.4. The lowest BCUT2D eigenvalue weighted by molar-refractivity contribution is 0.654. The van der Waals surface area contributed by atoms with Gasteiger partial charge in [0, 0.05) is 5.92 Å². The molecule has 0 amide bonds. The zero-order valence-electron chi connectivity index (χ0n) is 11.8. The molecule has 3 aromatic rings. The summed E-state index contributed by atoms with van der Waals surface area (Å²) in [6, 6.07) is 20.4. The molecule has 0 spiro atoms. The van der Waals surface area contributed by atoms with E-state index in [0.717, 1.165) is 17.8 Å². The van der Waals surface area contributed by atoms with Gasteiger partial charge in [0.2, 0.25) is 0 Å². The molecular weight excluding hydrogens is 260 g/mol. The molecule has 106 valence electrons. The van der Waals surface area contributed by atoms with Crippen LogP contribution in [0.4, 0.5) is 0 Å². The van der Waals surface area contributed by atoms with Gasteiger partial charge in [-0.2, -0.15) is 0 Å². The van der Waals surface area contributed by atoms with Crippen LogP contribution in [0.3, 0.4) is 0 Å². The van der Waals surface area contributed by atoms with Crippen LogP contribution in [-0.4, -0.2) is 21.5 Å². The van der Waals surface area contributed by atoms with E-state index in [9.17, 15) is 0 Å². The van der Waals surface area contributed by atoms with Gasteiger partial charge in [-0.25, -0.2) is 4.68 Å². The summed E-state index contributed by atoms with van der Waals surface area (Å²) in [7, 11) is 0. The predicted octanol–water partition coefficient (Wildman–Crippen LogP) is 2.55. The van der Waals surface area contributed by atoms with Crippen molar-refractivity contribution in [1.82, 2.24) is 15.0 Å². The minimum atomic E-state index is 0.271. The Balaban J connectivity index is 1.87. The Morgan fingerprint density at radius 3 is 2.29 bits per heavy atom. The number of benzene rings is 2. The standard InChI is InChI=1S/C17H18N4/c18-12-15(14-7-3-1-4-8-14)11-17-13-19-20-21(17)16-9-5-2-6-10-16/h1-10,13,15H,11-12,18H2. The second-order valence-electron chi connectivity index (χ2n) is 5.02. The van der Waals surface area contributed by atoms with E-state index >= 15 is 0 Å². The summed E-state index contributed by atoms with van der Waals surface area (Å²) >= 11 is 0. The average Bonchev–Trinajstić information content (AvgIpc) is 3.02. The highest BCUT2D eigenvalue weighted by atomic mass is 15.4. The Morgan fingerprint density at radius 1 is 0.952 bits per heavy atom. The van der Waals surface area contributed by atoms with Crippen LogP contribution in [0, 0.1) is 0 Å². The van der Waals surface area contributed by atoms with Gasteiger partial charge in [0.25, 0.3) is 0 Å². The van der Waals surface area contributed by atoms with Crippen LogP contribution in [0.5, 0.6) is 0 Å². The van der Waals surface area contributed by atoms with Gasteiger partial charge in [0.1, 0.15) is 0 Å². The maximum absolute atomic E-state index is 5.96. The van der Waals surface area contributed by atoms with Gasteiger partial charge in [0.15, 0.2) is 0 Å². The molecule has 2 aromatic carbocycles. The normalized spacial score (nSPS) is 12.2. The molecule has 0 radical (unpaired) electrons. The lowest BCUT2D eigenvalue weighted by Crippen LogP contribution is -2.16. The van der Waals surface area contributed by atoms with E-state index in [1.807, 2.05) is 59.4 Å². The van der Waals surface area contributed by atoms with Crippen molar-refractivity contribution >= 4 is 0 Å².